The summed E-state index contributed by atoms with van der Waals surface area (Å²) in [5.74, 6) is 1.59. The number of hydrogen-bond donors (Lipinski definition) is 2. The molecule has 8 nitrogen and oxygen atoms in total. The van der Waals surface area contributed by atoms with Gasteiger partial charge in [-0.15, -0.1) is 0 Å². The maximum atomic E-state index is 12.7. The standard InChI is InChI=1S/C21H38N6O2/c1-17(28)26-14-12-25(13-15-26)11-9-23-21(22-2)24-19-8-10-27(16-19)20(29)18-6-4-3-5-7-18/h18-19H,3-16H2,1-2H3,(H2,22,23,24). The average Bonchev–Trinajstić information content (AvgIpc) is 3.22. The normalized spacial score (nSPS) is 24.6. The van der Waals surface area contributed by atoms with Gasteiger partial charge in [-0.05, 0) is 19.3 Å². The number of guanidine groups is 1. The Hall–Kier alpha value is -1.83. The van der Waals surface area contributed by atoms with Crippen molar-refractivity contribution in [3.8, 4) is 0 Å². The van der Waals surface area contributed by atoms with Crippen LogP contribution in [0.2, 0.25) is 0 Å². The fourth-order valence-electron chi connectivity index (χ4n) is 4.69. The molecule has 0 radical (unpaired) electrons. The SMILES string of the molecule is CN=C(NCCN1CCN(C(C)=O)CC1)NC1CCN(C(=O)C2CCCCC2)C1. The molecule has 2 aliphatic heterocycles. The third-order valence-electron chi connectivity index (χ3n) is 6.56. The molecule has 3 fully saturated rings. The zero-order valence-corrected chi connectivity index (χ0v) is 18.2. The van der Waals surface area contributed by atoms with E-state index in [1.54, 1.807) is 14.0 Å². The van der Waals surface area contributed by atoms with Crippen molar-refractivity contribution in [3.05, 3.63) is 0 Å². The van der Waals surface area contributed by atoms with Crippen LogP contribution < -0.4 is 10.6 Å². The second kappa shape index (κ2) is 10.8. The zero-order chi connectivity index (χ0) is 20.6. The minimum atomic E-state index is 0.167. The molecule has 1 aliphatic carbocycles. The molecule has 164 valence electrons. The van der Waals surface area contributed by atoms with Crippen molar-refractivity contribution in [1.29, 1.82) is 0 Å². The molecule has 2 heterocycles. The molecule has 0 aromatic rings. The number of aliphatic imine (C=N–C) groups is 1. The Kier molecular flexibility index (Phi) is 8.15. The largest absolute Gasteiger partial charge is 0.355 e. The van der Waals surface area contributed by atoms with E-state index in [0.29, 0.717) is 5.91 Å². The highest BCUT2D eigenvalue weighted by atomic mass is 16.2. The minimum Gasteiger partial charge on any atom is -0.355 e. The summed E-state index contributed by atoms with van der Waals surface area (Å²) in [5, 5.41) is 6.88. The molecule has 3 rings (SSSR count). The van der Waals surface area contributed by atoms with E-state index in [-0.39, 0.29) is 17.9 Å². The fraction of sp³-hybridized carbons (Fsp3) is 0.857. The van der Waals surface area contributed by atoms with Crippen LogP contribution in [0.5, 0.6) is 0 Å². The molecule has 0 bridgehead atoms. The van der Waals surface area contributed by atoms with Gasteiger partial charge in [0.05, 0.1) is 0 Å². The maximum absolute atomic E-state index is 12.7. The first kappa shape index (κ1) is 21.9. The number of nitrogens with zero attached hydrogens (tertiary/aromatic N) is 4. The van der Waals surface area contributed by atoms with Crippen LogP contribution in [0.25, 0.3) is 0 Å². The van der Waals surface area contributed by atoms with Gasteiger partial charge in [0.1, 0.15) is 0 Å². The maximum Gasteiger partial charge on any atom is 0.225 e. The van der Waals surface area contributed by atoms with Crippen molar-refractivity contribution in [2.75, 3.05) is 59.4 Å². The topological polar surface area (TPSA) is 80.3 Å². The number of rotatable bonds is 5. The minimum absolute atomic E-state index is 0.167. The zero-order valence-electron chi connectivity index (χ0n) is 18.2. The van der Waals surface area contributed by atoms with Gasteiger partial charge in [0.15, 0.2) is 5.96 Å². The van der Waals surface area contributed by atoms with Crippen LogP contribution in [0.15, 0.2) is 4.99 Å². The number of hydrogen-bond acceptors (Lipinski definition) is 4. The van der Waals surface area contributed by atoms with Crippen molar-refractivity contribution in [1.82, 2.24) is 25.3 Å². The van der Waals surface area contributed by atoms with Gasteiger partial charge >= 0.3 is 0 Å². The number of amides is 2. The Morgan fingerprint density at radius 3 is 2.34 bits per heavy atom. The lowest BCUT2D eigenvalue weighted by Crippen LogP contribution is -2.51. The first-order valence-corrected chi connectivity index (χ1v) is 11.3. The molecule has 2 N–H and O–H groups in total. The van der Waals surface area contributed by atoms with Crippen LogP contribution in [-0.4, -0.2) is 97.9 Å². The predicted octanol–water partition coefficient (Wildman–Crippen LogP) is 0.497. The van der Waals surface area contributed by atoms with Crippen LogP contribution in [-0.2, 0) is 9.59 Å². The average molecular weight is 407 g/mol. The molecule has 1 atom stereocenters. The Balaban J connectivity index is 1.34. The predicted molar refractivity (Wildman–Crippen MR) is 115 cm³/mol. The van der Waals surface area contributed by atoms with E-state index < -0.39 is 0 Å². The molecule has 1 saturated carbocycles. The Bertz CT molecular complexity index is 582. The van der Waals surface area contributed by atoms with E-state index in [0.717, 1.165) is 77.6 Å². The van der Waals surface area contributed by atoms with E-state index in [1.807, 2.05) is 4.90 Å². The molecule has 29 heavy (non-hydrogen) atoms. The quantitative estimate of drug-likeness (QED) is 0.513. The van der Waals surface area contributed by atoms with E-state index in [1.165, 1.54) is 19.3 Å². The number of carbonyl (C=O) groups excluding carboxylic acids is 2. The van der Waals surface area contributed by atoms with Crippen molar-refractivity contribution in [2.45, 2.75) is 51.5 Å². The molecular formula is C21H38N6O2. The molecule has 0 aromatic carbocycles. The summed E-state index contributed by atoms with van der Waals surface area (Å²) < 4.78 is 0. The fourth-order valence-corrected chi connectivity index (χ4v) is 4.69. The lowest BCUT2D eigenvalue weighted by molar-refractivity contribution is -0.135. The van der Waals surface area contributed by atoms with Gasteiger partial charge in [-0.1, -0.05) is 19.3 Å². The monoisotopic (exact) mass is 406 g/mol. The third kappa shape index (κ3) is 6.32. The van der Waals surface area contributed by atoms with E-state index in [2.05, 4.69) is 25.4 Å². The number of carbonyl (C=O) groups is 2. The van der Waals surface area contributed by atoms with Gasteiger partial charge in [0.2, 0.25) is 11.8 Å². The van der Waals surface area contributed by atoms with Gasteiger partial charge in [0, 0.05) is 78.3 Å². The van der Waals surface area contributed by atoms with Crippen LogP contribution in [0.1, 0.15) is 45.4 Å². The summed E-state index contributed by atoms with van der Waals surface area (Å²) in [6, 6.07) is 0.271. The lowest BCUT2D eigenvalue weighted by atomic mass is 9.88. The van der Waals surface area contributed by atoms with Gasteiger partial charge in [0.25, 0.3) is 0 Å². The van der Waals surface area contributed by atoms with E-state index >= 15 is 0 Å². The summed E-state index contributed by atoms with van der Waals surface area (Å²) in [6.45, 7) is 8.50. The van der Waals surface area contributed by atoms with Crippen molar-refractivity contribution in [2.24, 2.45) is 10.9 Å². The van der Waals surface area contributed by atoms with Crippen molar-refractivity contribution >= 4 is 17.8 Å². The highest BCUT2D eigenvalue weighted by molar-refractivity contribution is 5.81. The van der Waals surface area contributed by atoms with Gasteiger partial charge in [-0.2, -0.15) is 0 Å². The van der Waals surface area contributed by atoms with Crippen LogP contribution in [0.3, 0.4) is 0 Å². The summed E-state index contributed by atoms with van der Waals surface area (Å²) in [5.41, 5.74) is 0. The summed E-state index contributed by atoms with van der Waals surface area (Å²) in [7, 11) is 1.79. The summed E-state index contributed by atoms with van der Waals surface area (Å²) in [6.07, 6.45) is 6.79. The lowest BCUT2D eigenvalue weighted by Gasteiger charge is -2.34. The smallest absolute Gasteiger partial charge is 0.225 e. The van der Waals surface area contributed by atoms with Gasteiger partial charge in [-0.25, -0.2) is 0 Å². The number of nitrogens with one attached hydrogen (secondary N) is 2. The second-order valence-corrected chi connectivity index (χ2v) is 8.60. The first-order valence-electron chi connectivity index (χ1n) is 11.3. The van der Waals surface area contributed by atoms with Crippen LogP contribution in [0.4, 0.5) is 0 Å². The number of piperazine rings is 1. The number of likely N-dealkylation sites (tertiary alicyclic amines) is 1. The molecule has 8 heteroatoms. The molecular weight excluding hydrogens is 368 g/mol. The Morgan fingerprint density at radius 1 is 0.966 bits per heavy atom. The molecule has 3 aliphatic rings. The van der Waals surface area contributed by atoms with Crippen LogP contribution in [0, 0.1) is 5.92 Å². The van der Waals surface area contributed by atoms with Crippen molar-refractivity contribution < 1.29 is 9.59 Å². The second-order valence-electron chi connectivity index (χ2n) is 8.60. The molecule has 2 saturated heterocycles. The molecule has 2 amide bonds. The molecule has 1 unspecified atom stereocenters. The van der Waals surface area contributed by atoms with Gasteiger partial charge in [-0.3, -0.25) is 19.5 Å². The van der Waals surface area contributed by atoms with Crippen molar-refractivity contribution in [3.63, 3.8) is 0 Å². The molecule has 0 aromatic heterocycles. The van der Waals surface area contributed by atoms with E-state index in [4.69, 9.17) is 0 Å². The van der Waals surface area contributed by atoms with E-state index in [9.17, 15) is 9.59 Å². The highest BCUT2D eigenvalue weighted by Crippen LogP contribution is 2.26. The Morgan fingerprint density at radius 2 is 1.69 bits per heavy atom. The first-order chi connectivity index (χ1) is 14.1. The molecule has 0 spiro atoms. The summed E-state index contributed by atoms with van der Waals surface area (Å²) in [4.78, 5) is 34.8. The van der Waals surface area contributed by atoms with Crippen LogP contribution >= 0.6 is 0 Å². The third-order valence-corrected chi connectivity index (χ3v) is 6.56. The summed E-state index contributed by atoms with van der Waals surface area (Å²) >= 11 is 0. The Labute approximate surface area is 175 Å². The highest BCUT2D eigenvalue weighted by Gasteiger charge is 2.31. The van der Waals surface area contributed by atoms with Gasteiger partial charge < -0.3 is 20.4 Å².